The molecular formula is C15H15N3O2. The fraction of sp³-hybridized carbons (Fsp3) is 0.333. The van der Waals surface area contributed by atoms with Crippen LogP contribution in [0, 0.1) is 0 Å². The highest BCUT2D eigenvalue weighted by Crippen LogP contribution is 2.20. The van der Waals surface area contributed by atoms with Crippen molar-refractivity contribution in [3.63, 3.8) is 0 Å². The van der Waals surface area contributed by atoms with Gasteiger partial charge in [0.25, 0.3) is 0 Å². The summed E-state index contributed by atoms with van der Waals surface area (Å²) in [5, 5.41) is 4.06. The average molecular weight is 269 g/mol. The zero-order chi connectivity index (χ0) is 13.9. The van der Waals surface area contributed by atoms with Gasteiger partial charge in [0.1, 0.15) is 5.78 Å². The lowest BCUT2D eigenvalue weighted by atomic mass is 10.0. The van der Waals surface area contributed by atoms with Gasteiger partial charge in [-0.25, -0.2) is 5.43 Å². The first-order valence-electron chi connectivity index (χ1n) is 6.75. The Morgan fingerprint density at radius 1 is 1.00 bits per heavy atom. The van der Waals surface area contributed by atoms with Crippen LogP contribution in [0.25, 0.3) is 0 Å². The van der Waals surface area contributed by atoms with Crippen LogP contribution in [0.5, 0.6) is 0 Å². The van der Waals surface area contributed by atoms with Crippen LogP contribution < -0.4 is 5.43 Å². The normalized spacial score (nSPS) is 21.0. The number of amides is 1. The fourth-order valence-corrected chi connectivity index (χ4v) is 2.38. The van der Waals surface area contributed by atoms with Gasteiger partial charge < -0.3 is 0 Å². The molecular weight excluding hydrogens is 254 g/mol. The van der Waals surface area contributed by atoms with E-state index in [9.17, 15) is 9.59 Å². The molecule has 0 aromatic heterocycles. The Kier molecular flexibility index (Phi) is 3.41. The van der Waals surface area contributed by atoms with Gasteiger partial charge in [0.15, 0.2) is 0 Å². The largest absolute Gasteiger partial charge is 0.299 e. The summed E-state index contributed by atoms with van der Waals surface area (Å²) in [4.78, 5) is 26.7. The number of carbonyl (C=O) groups is 2. The first kappa shape index (κ1) is 12.7. The SMILES string of the molecule is O=C1CCC(=Nc2ccc(C3=NNC(=O)CC3)cc2)C1. The monoisotopic (exact) mass is 269 g/mol. The van der Waals surface area contributed by atoms with Gasteiger partial charge in [0.2, 0.25) is 5.91 Å². The summed E-state index contributed by atoms with van der Waals surface area (Å²) in [5.41, 5.74) is 6.20. The number of benzene rings is 1. The summed E-state index contributed by atoms with van der Waals surface area (Å²) in [6.45, 7) is 0. The molecule has 1 fully saturated rings. The van der Waals surface area contributed by atoms with E-state index in [2.05, 4.69) is 15.5 Å². The van der Waals surface area contributed by atoms with Crippen molar-refractivity contribution in [3.05, 3.63) is 29.8 Å². The summed E-state index contributed by atoms with van der Waals surface area (Å²) in [5.74, 6) is 0.232. The van der Waals surface area contributed by atoms with Crippen molar-refractivity contribution in [2.45, 2.75) is 32.1 Å². The molecule has 1 amide bonds. The van der Waals surface area contributed by atoms with Gasteiger partial charge in [-0.1, -0.05) is 12.1 Å². The maximum absolute atomic E-state index is 11.2. The summed E-state index contributed by atoms with van der Waals surface area (Å²) < 4.78 is 0. The topological polar surface area (TPSA) is 70.9 Å². The predicted octanol–water partition coefficient (Wildman–Crippen LogP) is 2.13. The van der Waals surface area contributed by atoms with Crippen LogP contribution in [0.4, 0.5) is 5.69 Å². The highest BCUT2D eigenvalue weighted by molar-refractivity contribution is 6.09. The van der Waals surface area contributed by atoms with Crippen molar-refractivity contribution in [1.29, 1.82) is 0 Å². The molecule has 1 aliphatic carbocycles. The van der Waals surface area contributed by atoms with E-state index in [1.165, 1.54) is 0 Å². The van der Waals surface area contributed by atoms with E-state index in [-0.39, 0.29) is 11.7 Å². The molecule has 3 rings (SSSR count). The van der Waals surface area contributed by atoms with E-state index in [1.54, 1.807) is 0 Å². The minimum absolute atomic E-state index is 0.0392. The fourth-order valence-electron chi connectivity index (χ4n) is 2.38. The second-order valence-electron chi connectivity index (χ2n) is 5.03. The Morgan fingerprint density at radius 3 is 2.40 bits per heavy atom. The number of ketones is 1. The summed E-state index contributed by atoms with van der Waals surface area (Å²) in [6, 6.07) is 7.74. The van der Waals surface area contributed by atoms with Gasteiger partial charge in [-0.05, 0) is 24.1 Å². The molecule has 0 bridgehead atoms. The zero-order valence-electron chi connectivity index (χ0n) is 11.1. The van der Waals surface area contributed by atoms with E-state index >= 15 is 0 Å². The van der Waals surface area contributed by atoms with Crippen LogP contribution in [0.15, 0.2) is 34.4 Å². The first-order chi connectivity index (χ1) is 9.70. The third-order valence-electron chi connectivity index (χ3n) is 3.49. The molecule has 0 unspecified atom stereocenters. The smallest absolute Gasteiger partial charge is 0.240 e. The van der Waals surface area contributed by atoms with Gasteiger partial charge in [-0.2, -0.15) is 5.10 Å². The number of hydrogen-bond acceptors (Lipinski definition) is 4. The number of nitrogens with zero attached hydrogens (tertiary/aromatic N) is 2. The molecule has 1 aromatic carbocycles. The molecule has 0 atom stereocenters. The molecule has 1 heterocycles. The molecule has 1 aliphatic heterocycles. The molecule has 5 heteroatoms. The van der Waals surface area contributed by atoms with E-state index in [1.807, 2.05) is 24.3 Å². The van der Waals surface area contributed by atoms with Gasteiger partial charge in [0.05, 0.1) is 11.4 Å². The molecule has 1 saturated carbocycles. The van der Waals surface area contributed by atoms with E-state index in [0.29, 0.717) is 25.7 Å². The minimum atomic E-state index is -0.0392. The lowest BCUT2D eigenvalue weighted by Gasteiger charge is -2.12. The summed E-state index contributed by atoms with van der Waals surface area (Å²) >= 11 is 0. The predicted molar refractivity (Wildman–Crippen MR) is 76.3 cm³/mol. The molecule has 102 valence electrons. The maximum atomic E-state index is 11.2. The third-order valence-corrected chi connectivity index (χ3v) is 3.49. The minimum Gasteiger partial charge on any atom is -0.299 e. The van der Waals surface area contributed by atoms with Crippen molar-refractivity contribution in [3.8, 4) is 0 Å². The van der Waals surface area contributed by atoms with Crippen LogP contribution in [-0.4, -0.2) is 23.1 Å². The first-order valence-corrected chi connectivity index (χ1v) is 6.75. The lowest BCUT2D eigenvalue weighted by molar-refractivity contribution is -0.121. The zero-order valence-corrected chi connectivity index (χ0v) is 11.1. The Balaban J connectivity index is 1.75. The van der Waals surface area contributed by atoms with Crippen LogP contribution >= 0.6 is 0 Å². The quantitative estimate of drug-likeness (QED) is 0.893. The molecule has 0 radical (unpaired) electrons. The number of Topliss-reactive ketones (excluding diaryl/α,β-unsaturated/α-hetero) is 1. The number of hydrogen-bond donors (Lipinski definition) is 1. The Bertz CT molecular complexity index is 615. The van der Waals surface area contributed by atoms with Crippen LogP contribution in [-0.2, 0) is 9.59 Å². The van der Waals surface area contributed by atoms with Crippen molar-refractivity contribution >= 4 is 28.8 Å². The van der Waals surface area contributed by atoms with Crippen LogP contribution in [0.3, 0.4) is 0 Å². The second-order valence-corrected chi connectivity index (χ2v) is 5.03. The number of carbonyl (C=O) groups excluding carboxylic acids is 2. The summed E-state index contributed by atoms with van der Waals surface area (Å²) in [6.07, 6.45) is 3.02. The molecule has 1 aromatic rings. The van der Waals surface area contributed by atoms with Crippen molar-refractivity contribution in [2.24, 2.45) is 10.1 Å². The molecule has 2 aliphatic rings. The van der Waals surface area contributed by atoms with E-state index in [4.69, 9.17) is 0 Å². The number of nitrogens with one attached hydrogen (secondary N) is 1. The second kappa shape index (κ2) is 5.36. The van der Waals surface area contributed by atoms with Crippen LogP contribution in [0.2, 0.25) is 0 Å². The lowest BCUT2D eigenvalue weighted by Crippen LogP contribution is -2.25. The Labute approximate surface area is 116 Å². The molecule has 0 saturated heterocycles. The number of rotatable bonds is 2. The Hall–Kier alpha value is -2.30. The van der Waals surface area contributed by atoms with E-state index in [0.717, 1.165) is 29.1 Å². The summed E-state index contributed by atoms with van der Waals surface area (Å²) in [7, 11) is 0. The van der Waals surface area contributed by atoms with Gasteiger partial charge in [0, 0.05) is 31.4 Å². The standard InChI is InChI=1S/C15H15N3O2/c19-13-6-5-12(9-13)16-11-3-1-10(2-4-11)14-7-8-15(20)18-17-14/h1-4H,5-9H2,(H,18,20). The number of hydrazone groups is 1. The van der Waals surface area contributed by atoms with Crippen molar-refractivity contribution in [2.75, 3.05) is 0 Å². The number of aliphatic imine (C=N–C) groups is 1. The van der Waals surface area contributed by atoms with Crippen molar-refractivity contribution < 1.29 is 9.59 Å². The third kappa shape index (κ3) is 2.82. The highest BCUT2D eigenvalue weighted by atomic mass is 16.2. The van der Waals surface area contributed by atoms with Gasteiger partial charge in [-0.15, -0.1) is 0 Å². The molecule has 20 heavy (non-hydrogen) atoms. The Morgan fingerprint density at radius 2 is 1.80 bits per heavy atom. The van der Waals surface area contributed by atoms with E-state index < -0.39 is 0 Å². The average Bonchev–Trinajstić information content (AvgIpc) is 2.86. The maximum Gasteiger partial charge on any atom is 0.240 e. The molecule has 1 N–H and O–H groups in total. The van der Waals surface area contributed by atoms with Gasteiger partial charge >= 0.3 is 0 Å². The van der Waals surface area contributed by atoms with Gasteiger partial charge in [-0.3, -0.25) is 14.6 Å². The van der Waals surface area contributed by atoms with Crippen LogP contribution in [0.1, 0.15) is 37.7 Å². The molecule has 5 nitrogen and oxygen atoms in total. The van der Waals surface area contributed by atoms with Crippen molar-refractivity contribution in [1.82, 2.24) is 5.43 Å². The molecule has 0 spiro atoms. The highest BCUT2D eigenvalue weighted by Gasteiger charge is 2.17.